The van der Waals surface area contributed by atoms with Crippen LogP contribution >= 0.6 is 0 Å². The van der Waals surface area contributed by atoms with Crippen LogP contribution in [0, 0.1) is 11.7 Å². The number of nitrogens with one attached hydrogen (secondary N) is 2. The van der Waals surface area contributed by atoms with E-state index in [1.54, 1.807) is 0 Å². The molecular formula is C20H19F7N4O. The number of carbonyl (C=O) groups is 1. The Morgan fingerprint density at radius 1 is 1.03 bits per heavy atom. The molecule has 0 spiro atoms. The third-order valence-electron chi connectivity index (χ3n) is 5.11. The van der Waals surface area contributed by atoms with Crippen LogP contribution in [-0.2, 0) is 12.4 Å². The molecule has 1 aromatic heterocycles. The minimum absolute atomic E-state index is 0.170. The van der Waals surface area contributed by atoms with Crippen LogP contribution in [0.1, 0.15) is 53.7 Å². The van der Waals surface area contributed by atoms with Crippen molar-refractivity contribution in [1.29, 1.82) is 0 Å². The second kappa shape index (κ2) is 9.29. The first-order valence-electron chi connectivity index (χ1n) is 9.81. The Kier molecular flexibility index (Phi) is 6.89. The van der Waals surface area contributed by atoms with Gasteiger partial charge in [-0.15, -0.1) is 0 Å². The van der Waals surface area contributed by atoms with E-state index >= 15 is 0 Å². The van der Waals surface area contributed by atoms with Crippen molar-refractivity contribution in [2.75, 3.05) is 11.9 Å². The van der Waals surface area contributed by atoms with Gasteiger partial charge in [0.1, 0.15) is 5.82 Å². The summed E-state index contributed by atoms with van der Waals surface area (Å²) >= 11 is 0. The standard InChI is InChI=1S/C20H19F7N4O/c21-12-6-7-15(14(8-12)19(22,23)24)30-18-29-10-13(16(31-18)20(25,26)27)17(32)28-9-11-4-2-1-3-5-11/h6-8,10-11H,1-5,9H2,(H,28,32)(H,29,30,31). The Morgan fingerprint density at radius 2 is 1.72 bits per heavy atom. The first-order chi connectivity index (χ1) is 14.9. The maximum Gasteiger partial charge on any atom is 0.434 e. The molecule has 0 atom stereocenters. The largest absolute Gasteiger partial charge is 0.434 e. The monoisotopic (exact) mass is 464 g/mol. The minimum atomic E-state index is -5.06. The molecule has 1 heterocycles. The molecule has 1 saturated carbocycles. The number of rotatable bonds is 5. The Balaban J connectivity index is 1.85. The van der Waals surface area contributed by atoms with Gasteiger partial charge in [-0.25, -0.2) is 14.4 Å². The predicted octanol–water partition coefficient (Wildman–Crippen LogP) is 5.71. The van der Waals surface area contributed by atoms with Crippen molar-refractivity contribution in [3.05, 3.63) is 47.0 Å². The van der Waals surface area contributed by atoms with Crippen molar-refractivity contribution in [2.45, 2.75) is 44.5 Å². The number of hydrogen-bond acceptors (Lipinski definition) is 4. The van der Waals surface area contributed by atoms with E-state index < -0.39 is 52.5 Å². The quantitative estimate of drug-likeness (QED) is 0.557. The maximum atomic E-state index is 13.5. The first kappa shape index (κ1) is 23.7. The second-order valence-electron chi connectivity index (χ2n) is 7.48. The van der Waals surface area contributed by atoms with E-state index in [-0.39, 0.29) is 18.5 Å². The average molecular weight is 464 g/mol. The van der Waals surface area contributed by atoms with E-state index in [1.165, 1.54) is 0 Å². The van der Waals surface area contributed by atoms with Crippen LogP contribution in [-0.4, -0.2) is 22.4 Å². The van der Waals surface area contributed by atoms with Crippen LogP contribution in [0.2, 0.25) is 0 Å². The van der Waals surface area contributed by atoms with E-state index in [2.05, 4.69) is 15.3 Å². The molecule has 2 aromatic rings. The molecule has 0 saturated heterocycles. The van der Waals surface area contributed by atoms with Crippen molar-refractivity contribution in [3.8, 4) is 0 Å². The molecule has 2 N–H and O–H groups in total. The number of carbonyl (C=O) groups excluding carboxylic acids is 1. The fraction of sp³-hybridized carbons (Fsp3) is 0.450. The van der Waals surface area contributed by atoms with E-state index in [0.717, 1.165) is 32.1 Å². The molecule has 3 rings (SSSR count). The summed E-state index contributed by atoms with van der Waals surface area (Å²) in [5.74, 6) is -2.85. The summed E-state index contributed by atoms with van der Waals surface area (Å²) in [5, 5.41) is 4.48. The predicted molar refractivity (Wildman–Crippen MR) is 101 cm³/mol. The van der Waals surface area contributed by atoms with E-state index in [4.69, 9.17) is 0 Å². The molecule has 1 aromatic carbocycles. The van der Waals surface area contributed by atoms with Gasteiger partial charge in [0.2, 0.25) is 5.95 Å². The summed E-state index contributed by atoms with van der Waals surface area (Å²) in [6.45, 7) is 0.209. The van der Waals surface area contributed by atoms with Crippen molar-refractivity contribution in [3.63, 3.8) is 0 Å². The lowest BCUT2D eigenvalue weighted by Crippen LogP contribution is -2.32. The van der Waals surface area contributed by atoms with Crippen molar-refractivity contribution in [2.24, 2.45) is 5.92 Å². The summed E-state index contributed by atoms with van der Waals surface area (Å²) in [6, 6.07) is 1.61. The summed E-state index contributed by atoms with van der Waals surface area (Å²) in [4.78, 5) is 19.1. The van der Waals surface area contributed by atoms with Crippen LogP contribution < -0.4 is 10.6 Å². The number of aromatic nitrogens is 2. The summed E-state index contributed by atoms with van der Waals surface area (Å²) < 4.78 is 93.2. The molecule has 0 unspecified atom stereocenters. The molecular weight excluding hydrogens is 445 g/mol. The van der Waals surface area contributed by atoms with Gasteiger partial charge in [-0.3, -0.25) is 4.79 Å². The first-order valence-corrected chi connectivity index (χ1v) is 9.81. The highest BCUT2D eigenvalue weighted by molar-refractivity contribution is 5.95. The molecule has 0 radical (unpaired) electrons. The van der Waals surface area contributed by atoms with Crippen molar-refractivity contribution in [1.82, 2.24) is 15.3 Å². The number of hydrogen-bond donors (Lipinski definition) is 2. The SMILES string of the molecule is O=C(NCC1CCCCC1)c1cnc(Nc2ccc(F)cc2C(F)(F)F)nc1C(F)(F)F. The van der Waals surface area contributed by atoms with Gasteiger partial charge < -0.3 is 10.6 Å². The third-order valence-corrected chi connectivity index (χ3v) is 5.11. The Labute approximate surface area is 178 Å². The van der Waals surface area contributed by atoms with Gasteiger partial charge in [0.15, 0.2) is 5.69 Å². The Bertz CT molecular complexity index is 969. The van der Waals surface area contributed by atoms with Gasteiger partial charge in [0.25, 0.3) is 5.91 Å². The lowest BCUT2D eigenvalue weighted by atomic mass is 9.89. The number of halogens is 7. The summed E-state index contributed by atoms with van der Waals surface area (Å²) in [5.41, 5.74) is -4.61. The average Bonchev–Trinajstić information content (AvgIpc) is 2.72. The minimum Gasteiger partial charge on any atom is -0.352 e. The molecule has 32 heavy (non-hydrogen) atoms. The van der Waals surface area contributed by atoms with Gasteiger partial charge in [-0.05, 0) is 37.0 Å². The van der Waals surface area contributed by atoms with Gasteiger partial charge >= 0.3 is 12.4 Å². The highest BCUT2D eigenvalue weighted by Gasteiger charge is 2.39. The van der Waals surface area contributed by atoms with E-state index in [0.29, 0.717) is 18.3 Å². The number of benzene rings is 1. The fourth-order valence-electron chi connectivity index (χ4n) is 3.53. The molecule has 5 nitrogen and oxygen atoms in total. The zero-order valence-corrected chi connectivity index (χ0v) is 16.6. The van der Waals surface area contributed by atoms with Crippen LogP contribution in [0.3, 0.4) is 0 Å². The zero-order chi connectivity index (χ0) is 23.5. The zero-order valence-electron chi connectivity index (χ0n) is 16.6. The topological polar surface area (TPSA) is 66.9 Å². The van der Waals surface area contributed by atoms with Crippen molar-refractivity contribution < 1.29 is 35.5 Å². The van der Waals surface area contributed by atoms with E-state index in [1.807, 2.05) is 5.32 Å². The van der Waals surface area contributed by atoms with Crippen LogP contribution in [0.15, 0.2) is 24.4 Å². The van der Waals surface area contributed by atoms with Gasteiger partial charge in [-0.1, -0.05) is 19.3 Å². The van der Waals surface area contributed by atoms with E-state index in [9.17, 15) is 35.5 Å². The molecule has 1 aliphatic rings. The Hall–Kier alpha value is -2.92. The second-order valence-corrected chi connectivity index (χ2v) is 7.48. The lowest BCUT2D eigenvalue weighted by molar-refractivity contribution is -0.141. The van der Waals surface area contributed by atoms with Crippen LogP contribution in [0.5, 0.6) is 0 Å². The number of anilines is 2. The molecule has 0 aliphatic heterocycles. The molecule has 1 fully saturated rings. The van der Waals surface area contributed by atoms with Crippen LogP contribution in [0.4, 0.5) is 42.4 Å². The maximum absolute atomic E-state index is 13.5. The third kappa shape index (κ3) is 5.86. The summed E-state index contributed by atoms with van der Waals surface area (Å²) in [6.07, 6.45) is -4.65. The smallest absolute Gasteiger partial charge is 0.352 e. The van der Waals surface area contributed by atoms with Crippen LogP contribution in [0.25, 0.3) is 0 Å². The number of amides is 1. The molecule has 0 bridgehead atoms. The number of alkyl halides is 6. The number of nitrogens with zero attached hydrogens (tertiary/aromatic N) is 2. The summed E-state index contributed by atoms with van der Waals surface area (Å²) in [7, 11) is 0. The van der Waals surface area contributed by atoms with Gasteiger partial charge in [-0.2, -0.15) is 26.3 Å². The highest BCUT2D eigenvalue weighted by Crippen LogP contribution is 2.37. The molecule has 12 heteroatoms. The molecule has 1 aliphatic carbocycles. The van der Waals surface area contributed by atoms with Crippen molar-refractivity contribution >= 4 is 17.5 Å². The normalized spacial score (nSPS) is 15.5. The Morgan fingerprint density at radius 3 is 2.34 bits per heavy atom. The molecule has 174 valence electrons. The fourth-order valence-corrected chi connectivity index (χ4v) is 3.53. The highest BCUT2D eigenvalue weighted by atomic mass is 19.4. The molecule has 1 amide bonds. The van der Waals surface area contributed by atoms with Gasteiger partial charge in [0, 0.05) is 12.7 Å². The van der Waals surface area contributed by atoms with Gasteiger partial charge in [0.05, 0.1) is 16.8 Å². The lowest BCUT2D eigenvalue weighted by Gasteiger charge is -2.22.